The molecular weight excluding hydrogens is 361 g/mol. The highest BCUT2D eigenvalue weighted by molar-refractivity contribution is 8.11. The fourth-order valence-electron chi connectivity index (χ4n) is 2.30. The van der Waals surface area contributed by atoms with Crippen LogP contribution in [0.1, 0.15) is 23.7 Å². The molecule has 1 heterocycles. The van der Waals surface area contributed by atoms with Crippen LogP contribution < -0.4 is 4.74 Å². The number of hydrogen-bond acceptors (Lipinski definition) is 4. The second-order valence-corrected chi connectivity index (χ2v) is 6.13. The normalized spacial score (nSPS) is 11.7. The van der Waals surface area contributed by atoms with Crippen LogP contribution in [-0.2, 0) is 12.2 Å². The van der Waals surface area contributed by atoms with E-state index in [0.29, 0.717) is 23.4 Å². The van der Waals surface area contributed by atoms with Gasteiger partial charge in [0.1, 0.15) is 5.75 Å². The number of hydrogen-bond donors (Lipinski definition) is 0. The molecule has 0 bridgehead atoms. The van der Waals surface area contributed by atoms with Gasteiger partial charge in [-0.1, -0.05) is 37.8 Å². The van der Waals surface area contributed by atoms with E-state index in [1.165, 1.54) is 24.0 Å². The SMILES string of the molecule is C=Cc1ccccc1N=CSCc1nccc(OCC(F)(F)F)c1CC. The summed E-state index contributed by atoms with van der Waals surface area (Å²) in [7, 11) is 0. The van der Waals surface area contributed by atoms with Crippen LogP contribution in [0.5, 0.6) is 5.75 Å². The van der Waals surface area contributed by atoms with Gasteiger partial charge in [-0.05, 0) is 24.1 Å². The Morgan fingerprint density at radius 1 is 1.27 bits per heavy atom. The molecule has 138 valence electrons. The number of thioether (sulfide) groups is 1. The van der Waals surface area contributed by atoms with Crippen molar-refractivity contribution in [2.75, 3.05) is 6.61 Å². The van der Waals surface area contributed by atoms with E-state index in [2.05, 4.69) is 16.6 Å². The predicted molar refractivity (Wildman–Crippen MR) is 101 cm³/mol. The van der Waals surface area contributed by atoms with Crippen molar-refractivity contribution in [2.24, 2.45) is 4.99 Å². The Balaban J connectivity index is 2.05. The molecule has 0 amide bonds. The maximum Gasteiger partial charge on any atom is 0.422 e. The maximum atomic E-state index is 12.4. The van der Waals surface area contributed by atoms with Crippen molar-refractivity contribution < 1.29 is 17.9 Å². The van der Waals surface area contributed by atoms with Crippen LogP contribution in [0.4, 0.5) is 18.9 Å². The Bertz CT molecular complexity index is 776. The monoisotopic (exact) mass is 380 g/mol. The molecule has 0 saturated heterocycles. The molecule has 0 spiro atoms. The van der Waals surface area contributed by atoms with Gasteiger partial charge in [-0.3, -0.25) is 4.98 Å². The summed E-state index contributed by atoms with van der Waals surface area (Å²) < 4.78 is 42.1. The van der Waals surface area contributed by atoms with Crippen LogP contribution >= 0.6 is 11.8 Å². The first kappa shape index (κ1) is 20.0. The van der Waals surface area contributed by atoms with Crippen LogP contribution in [0, 0.1) is 0 Å². The molecule has 3 nitrogen and oxygen atoms in total. The summed E-state index contributed by atoms with van der Waals surface area (Å²) in [5.41, 5.74) is 4.82. The second kappa shape index (κ2) is 9.43. The molecular formula is C19H19F3N2OS. The van der Waals surface area contributed by atoms with E-state index in [0.717, 1.165) is 11.3 Å². The first-order chi connectivity index (χ1) is 12.4. The van der Waals surface area contributed by atoms with Gasteiger partial charge in [0.2, 0.25) is 0 Å². The number of halogens is 3. The predicted octanol–water partition coefficient (Wildman–Crippen LogP) is 5.82. The van der Waals surface area contributed by atoms with Crippen molar-refractivity contribution in [1.82, 2.24) is 4.98 Å². The molecule has 26 heavy (non-hydrogen) atoms. The highest BCUT2D eigenvalue weighted by Crippen LogP contribution is 2.27. The molecule has 0 fully saturated rings. The second-order valence-electron chi connectivity index (χ2n) is 5.30. The van der Waals surface area contributed by atoms with Crippen LogP contribution in [0.25, 0.3) is 6.08 Å². The van der Waals surface area contributed by atoms with E-state index in [9.17, 15) is 13.2 Å². The van der Waals surface area contributed by atoms with Gasteiger partial charge in [0.25, 0.3) is 0 Å². The van der Waals surface area contributed by atoms with Crippen LogP contribution in [0.2, 0.25) is 0 Å². The molecule has 2 aromatic rings. The molecule has 1 aromatic heterocycles. The van der Waals surface area contributed by atoms with E-state index in [-0.39, 0.29) is 5.75 Å². The van der Waals surface area contributed by atoms with Gasteiger partial charge in [-0.15, -0.1) is 11.8 Å². The fraction of sp³-hybridized carbons (Fsp3) is 0.263. The van der Waals surface area contributed by atoms with Gasteiger partial charge in [0.15, 0.2) is 6.61 Å². The molecule has 1 aromatic carbocycles. The number of aromatic nitrogens is 1. The van der Waals surface area contributed by atoms with E-state index >= 15 is 0 Å². The first-order valence-electron chi connectivity index (χ1n) is 7.96. The summed E-state index contributed by atoms with van der Waals surface area (Å²) in [4.78, 5) is 8.67. The molecule has 2 rings (SSSR count). The summed E-state index contributed by atoms with van der Waals surface area (Å²) in [5, 5.41) is 0. The smallest absolute Gasteiger partial charge is 0.422 e. The minimum absolute atomic E-state index is 0.226. The molecule has 0 aliphatic heterocycles. The number of para-hydroxylation sites is 1. The lowest BCUT2D eigenvalue weighted by Gasteiger charge is -2.14. The van der Waals surface area contributed by atoms with Crippen LogP contribution in [-0.4, -0.2) is 23.3 Å². The number of benzene rings is 1. The summed E-state index contributed by atoms with van der Waals surface area (Å²) in [6.07, 6.45) is -0.637. The summed E-state index contributed by atoms with van der Waals surface area (Å²) in [5.74, 6) is 0.718. The average molecular weight is 380 g/mol. The minimum Gasteiger partial charge on any atom is -0.484 e. The number of nitrogens with zero attached hydrogens (tertiary/aromatic N) is 2. The standard InChI is InChI=1S/C19H19F3N2OS/c1-3-14-7-5-6-8-16(14)24-13-26-11-17-15(4-2)18(9-10-23-17)25-12-19(20,21)22/h3,5-10,13H,1,4,11-12H2,2H3. The fourth-order valence-corrected chi connectivity index (χ4v) is 2.97. The molecule has 7 heteroatoms. The lowest BCUT2D eigenvalue weighted by Crippen LogP contribution is -2.20. The Kier molecular flexibility index (Phi) is 7.26. The zero-order valence-electron chi connectivity index (χ0n) is 14.3. The first-order valence-corrected chi connectivity index (χ1v) is 9.01. The molecule has 0 aliphatic rings. The van der Waals surface area contributed by atoms with Gasteiger partial charge in [0.05, 0.1) is 16.9 Å². The van der Waals surface area contributed by atoms with Crippen LogP contribution in [0.3, 0.4) is 0 Å². The molecule has 0 radical (unpaired) electrons. The highest BCUT2D eigenvalue weighted by atomic mass is 32.2. The van der Waals surface area contributed by atoms with E-state index in [1.54, 1.807) is 11.6 Å². The zero-order valence-corrected chi connectivity index (χ0v) is 15.1. The van der Waals surface area contributed by atoms with E-state index < -0.39 is 12.8 Å². The highest BCUT2D eigenvalue weighted by Gasteiger charge is 2.29. The van der Waals surface area contributed by atoms with Crippen molar-refractivity contribution in [3.05, 3.63) is 59.9 Å². The summed E-state index contributed by atoms with van der Waals surface area (Å²) in [6, 6.07) is 9.07. The molecule has 0 atom stereocenters. The number of alkyl halides is 3. The largest absolute Gasteiger partial charge is 0.484 e. The van der Waals surface area contributed by atoms with Gasteiger partial charge >= 0.3 is 6.18 Å². The van der Waals surface area contributed by atoms with Crippen molar-refractivity contribution in [1.29, 1.82) is 0 Å². The Morgan fingerprint density at radius 3 is 2.73 bits per heavy atom. The zero-order chi connectivity index (χ0) is 19.0. The Morgan fingerprint density at radius 2 is 2.04 bits per heavy atom. The van der Waals surface area contributed by atoms with Crippen molar-refractivity contribution in [2.45, 2.75) is 25.3 Å². The molecule has 0 aliphatic carbocycles. The third kappa shape index (κ3) is 5.91. The van der Waals surface area contributed by atoms with Crippen molar-refractivity contribution in [3.63, 3.8) is 0 Å². The van der Waals surface area contributed by atoms with Gasteiger partial charge in [0, 0.05) is 17.5 Å². The van der Waals surface area contributed by atoms with Crippen LogP contribution in [0.15, 0.2) is 48.1 Å². The van der Waals surface area contributed by atoms with Gasteiger partial charge < -0.3 is 4.74 Å². The van der Waals surface area contributed by atoms with Crippen molar-refractivity contribution >= 4 is 29.1 Å². The summed E-state index contributed by atoms with van der Waals surface area (Å²) in [6.45, 7) is 4.30. The number of pyridine rings is 1. The van der Waals surface area contributed by atoms with E-state index in [1.807, 2.05) is 31.2 Å². The number of ether oxygens (including phenoxy) is 1. The van der Waals surface area contributed by atoms with Gasteiger partial charge in [-0.2, -0.15) is 13.2 Å². The quantitative estimate of drug-likeness (QED) is 0.427. The molecule has 0 unspecified atom stereocenters. The summed E-state index contributed by atoms with van der Waals surface area (Å²) >= 11 is 1.42. The lowest BCUT2D eigenvalue weighted by molar-refractivity contribution is -0.153. The number of rotatable bonds is 8. The molecule has 0 saturated carbocycles. The Hall–Kier alpha value is -2.28. The number of aliphatic imine (C=N–C) groups is 1. The maximum absolute atomic E-state index is 12.4. The lowest BCUT2D eigenvalue weighted by atomic mass is 10.1. The minimum atomic E-state index is -4.37. The molecule has 0 N–H and O–H groups in total. The van der Waals surface area contributed by atoms with Gasteiger partial charge in [-0.25, -0.2) is 4.99 Å². The third-order valence-electron chi connectivity index (χ3n) is 3.49. The van der Waals surface area contributed by atoms with E-state index in [4.69, 9.17) is 4.74 Å². The van der Waals surface area contributed by atoms with Crippen molar-refractivity contribution in [3.8, 4) is 5.75 Å². The topological polar surface area (TPSA) is 34.5 Å². The average Bonchev–Trinajstić information content (AvgIpc) is 2.63. The third-order valence-corrected chi connectivity index (χ3v) is 4.18. The Labute approximate surface area is 155 Å².